The van der Waals surface area contributed by atoms with Gasteiger partial charge >= 0.3 is 0 Å². The van der Waals surface area contributed by atoms with Gasteiger partial charge in [-0.2, -0.15) is 0 Å². The summed E-state index contributed by atoms with van der Waals surface area (Å²) in [6.07, 6.45) is -0.0870. The Hall–Kier alpha value is -2.93. The number of hydrogen-bond donors (Lipinski definition) is 2. The molecule has 0 aliphatic rings. The highest BCUT2D eigenvalue weighted by Gasteiger charge is 2.24. The number of halogens is 2. The summed E-state index contributed by atoms with van der Waals surface area (Å²) in [7, 11) is 1.74. The molecule has 130 valence electrons. The Kier molecular flexibility index (Phi) is 4.41. The van der Waals surface area contributed by atoms with E-state index in [4.69, 9.17) is 16.2 Å². The molecule has 1 aromatic heterocycles. The first-order valence-corrected chi connectivity index (χ1v) is 7.62. The molecule has 1 atom stereocenters. The van der Waals surface area contributed by atoms with Crippen molar-refractivity contribution in [3.63, 3.8) is 0 Å². The van der Waals surface area contributed by atoms with Crippen LogP contribution in [0.15, 0.2) is 42.5 Å². The van der Waals surface area contributed by atoms with Crippen LogP contribution >= 0.6 is 0 Å². The van der Waals surface area contributed by atoms with E-state index in [9.17, 15) is 13.6 Å². The fraction of sp³-hybridized carbons (Fsp3) is 0.167. The highest BCUT2D eigenvalue weighted by atomic mass is 19.1. The number of carbonyl (C=O) groups is 1. The fourth-order valence-corrected chi connectivity index (χ4v) is 2.86. The Labute approximate surface area is 142 Å². The molecule has 2 aromatic carbocycles. The Morgan fingerprint density at radius 3 is 2.64 bits per heavy atom. The van der Waals surface area contributed by atoms with Crippen LogP contribution in [-0.4, -0.2) is 10.5 Å². The van der Waals surface area contributed by atoms with Gasteiger partial charge in [-0.25, -0.2) is 8.78 Å². The molecule has 0 radical (unpaired) electrons. The lowest BCUT2D eigenvalue weighted by Gasteiger charge is -2.14. The van der Waals surface area contributed by atoms with E-state index in [1.165, 1.54) is 6.07 Å². The fourth-order valence-electron chi connectivity index (χ4n) is 2.86. The minimum absolute atomic E-state index is 0.0870. The van der Waals surface area contributed by atoms with Crippen LogP contribution in [0.5, 0.6) is 11.6 Å². The third kappa shape index (κ3) is 3.18. The van der Waals surface area contributed by atoms with Crippen LogP contribution in [0.25, 0.3) is 10.9 Å². The van der Waals surface area contributed by atoms with Crippen LogP contribution in [0, 0.1) is 11.6 Å². The first-order valence-electron chi connectivity index (χ1n) is 7.62. The molecule has 7 heteroatoms. The maximum Gasteiger partial charge on any atom is 0.219 e. The second kappa shape index (κ2) is 6.52. The molecular weight excluding hydrogens is 328 g/mol. The largest absolute Gasteiger partial charge is 0.437 e. The number of primary amides is 1. The van der Waals surface area contributed by atoms with Gasteiger partial charge in [-0.3, -0.25) is 4.79 Å². The van der Waals surface area contributed by atoms with Crippen molar-refractivity contribution in [1.82, 2.24) is 4.57 Å². The Balaban J connectivity index is 2.15. The third-order valence-electron chi connectivity index (χ3n) is 3.98. The Morgan fingerprint density at radius 2 is 1.96 bits per heavy atom. The van der Waals surface area contributed by atoms with E-state index in [0.29, 0.717) is 5.56 Å². The minimum Gasteiger partial charge on any atom is -0.437 e. The predicted octanol–water partition coefficient (Wildman–Crippen LogP) is 3.12. The lowest BCUT2D eigenvalue weighted by molar-refractivity contribution is -0.118. The molecule has 3 aromatic rings. The van der Waals surface area contributed by atoms with Gasteiger partial charge in [0, 0.05) is 36.5 Å². The van der Waals surface area contributed by atoms with Crippen molar-refractivity contribution in [1.29, 1.82) is 0 Å². The van der Waals surface area contributed by atoms with E-state index in [1.54, 1.807) is 11.6 Å². The number of rotatable bonds is 5. The van der Waals surface area contributed by atoms with Crippen molar-refractivity contribution in [2.45, 2.75) is 12.5 Å². The van der Waals surface area contributed by atoms with Gasteiger partial charge in [0.15, 0.2) is 11.6 Å². The third-order valence-corrected chi connectivity index (χ3v) is 3.98. The van der Waals surface area contributed by atoms with Gasteiger partial charge < -0.3 is 20.8 Å². The molecule has 0 bridgehead atoms. The number of fused-ring (bicyclic) bond motifs is 1. The maximum atomic E-state index is 14.0. The SMILES string of the molecule is Cn1c(Oc2ccc(F)cc2F)c(C(N)CC(N)=O)c2ccccc21. The molecule has 5 nitrogen and oxygen atoms in total. The summed E-state index contributed by atoms with van der Waals surface area (Å²) in [5.74, 6) is -1.95. The lowest BCUT2D eigenvalue weighted by Crippen LogP contribution is -2.21. The van der Waals surface area contributed by atoms with Crippen molar-refractivity contribution >= 4 is 16.8 Å². The zero-order valence-corrected chi connectivity index (χ0v) is 13.5. The summed E-state index contributed by atoms with van der Waals surface area (Å²) in [5.41, 5.74) is 12.7. The molecule has 0 saturated carbocycles. The van der Waals surface area contributed by atoms with Gasteiger partial charge in [-0.15, -0.1) is 0 Å². The Morgan fingerprint density at radius 1 is 1.24 bits per heavy atom. The van der Waals surface area contributed by atoms with Crippen molar-refractivity contribution in [3.8, 4) is 11.6 Å². The number of carbonyl (C=O) groups excluding carboxylic acids is 1. The van der Waals surface area contributed by atoms with Crippen LogP contribution in [0.2, 0.25) is 0 Å². The van der Waals surface area contributed by atoms with E-state index in [2.05, 4.69) is 0 Å². The molecule has 1 unspecified atom stereocenters. The number of para-hydroxylation sites is 1. The second-order valence-electron chi connectivity index (χ2n) is 5.75. The van der Waals surface area contributed by atoms with Gasteiger partial charge in [-0.05, 0) is 18.2 Å². The molecule has 1 amide bonds. The zero-order chi connectivity index (χ0) is 18.1. The first kappa shape index (κ1) is 16.9. The molecular formula is C18H17F2N3O2. The molecule has 0 saturated heterocycles. The van der Waals surface area contributed by atoms with Crippen LogP contribution in [0.4, 0.5) is 8.78 Å². The highest BCUT2D eigenvalue weighted by molar-refractivity contribution is 5.88. The maximum absolute atomic E-state index is 14.0. The smallest absolute Gasteiger partial charge is 0.219 e. The molecule has 4 N–H and O–H groups in total. The van der Waals surface area contributed by atoms with Crippen LogP contribution in [0.1, 0.15) is 18.0 Å². The number of nitrogens with zero attached hydrogens (tertiary/aromatic N) is 1. The number of amides is 1. The van der Waals surface area contributed by atoms with Crippen LogP contribution in [-0.2, 0) is 11.8 Å². The van der Waals surface area contributed by atoms with E-state index >= 15 is 0 Å². The quantitative estimate of drug-likeness (QED) is 0.745. The Bertz CT molecular complexity index is 953. The summed E-state index contributed by atoms with van der Waals surface area (Å²) in [4.78, 5) is 11.3. The van der Waals surface area contributed by atoms with Crippen molar-refractivity contribution in [2.24, 2.45) is 18.5 Å². The molecule has 3 rings (SSSR count). The number of aromatic nitrogens is 1. The lowest BCUT2D eigenvalue weighted by atomic mass is 10.0. The summed E-state index contributed by atoms with van der Waals surface area (Å²) < 4.78 is 34.5. The van der Waals surface area contributed by atoms with Gasteiger partial charge in [0.2, 0.25) is 11.8 Å². The van der Waals surface area contributed by atoms with Crippen molar-refractivity contribution in [3.05, 3.63) is 59.7 Å². The molecule has 0 aliphatic heterocycles. The number of hydrogen-bond acceptors (Lipinski definition) is 3. The van der Waals surface area contributed by atoms with E-state index in [0.717, 1.165) is 23.0 Å². The molecule has 0 aliphatic carbocycles. The molecule has 0 spiro atoms. The number of nitrogens with two attached hydrogens (primary N) is 2. The van der Waals surface area contributed by atoms with Crippen LogP contribution in [0.3, 0.4) is 0 Å². The average Bonchev–Trinajstić information content (AvgIpc) is 2.82. The summed E-state index contributed by atoms with van der Waals surface area (Å²) in [6.45, 7) is 0. The molecule has 25 heavy (non-hydrogen) atoms. The van der Waals surface area contributed by atoms with E-state index in [-0.39, 0.29) is 18.1 Å². The first-order chi connectivity index (χ1) is 11.9. The monoisotopic (exact) mass is 345 g/mol. The number of aryl methyl sites for hydroxylation is 1. The normalized spacial score (nSPS) is 12.3. The molecule has 1 heterocycles. The minimum atomic E-state index is -0.834. The van der Waals surface area contributed by atoms with Gasteiger partial charge in [0.25, 0.3) is 0 Å². The number of benzene rings is 2. The van der Waals surface area contributed by atoms with Crippen molar-refractivity contribution < 1.29 is 18.3 Å². The van der Waals surface area contributed by atoms with E-state index in [1.807, 2.05) is 24.3 Å². The van der Waals surface area contributed by atoms with Crippen LogP contribution < -0.4 is 16.2 Å². The van der Waals surface area contributed by atoms with Gasteiger partial charge in [-0.1, -0.05) is 18.2 Å². The second-order valence-corrected chi connectivity index (χ2v) is 5.75. The summed E-state index contributed by atoms with van der Waals surface area (Å²) in [5, 5.41) is 0.774. The standard InChI is InChI=1S/C18H17F2N3O2/c1-23-14-5-3-2-4-11(14)17(13(21)9-16(22)24)18(23)25-15-7-6-10(19)8-12(15)20/h2-8,13H,9,21H2,1H3,(H2,22,24). The highest BCUT2D eigenvalue weighted by Crippen LogP contribution is 2.39. The topological polar surface area (TPSA) is 83.3 Å². The molecule has 0 fully saturated rings. The predicted molar refractivity (Wildman–Crippen MR) is 90.1 cm³/mol. The number of ether oxygens (including phenoxy) is 1. The average molecular weight is 345 g/mol. The van der Waals surface area contributed by atoms with Gasteiger partial charge in [0.05, 0.1) is 5.52 Å². The van der Waals surface area contributed by atoms with Crippen molar-refractivity contribution in [2.75, 3.05) is 0 Å². The summed E-state index contributed by atoms with van der Waals surface area (Å²) >= 11 is 0. The summed E-state index contributed by atoms with van der Waals surface area (Å²) in [6, 6.07) is 9.67. The zero-order valence-electron chi connectivity index (χ0n) is 13.5. The van der Waals surface area contributed by atoms with Gasteiger partial charge in [0.1, 0.15) is 5.82 Å². The van der Waals surface area contributed by atoms with E-state index < -0.39 is 23.6 Å².